The van der Waals surface area contributed by atoms with E-state index >= 15 is 0 Å². The molecule has 1 unspecified atom stereocenters. The maximum absolute atomic E-state index is 13.4. The van der Waals surface area contributed by atoms with E-state index < -0.39 is 40.6 Å². The summed E-state index contributed by atoms with van der Waals surface area (Å²) in [7, 11) is 0. The second kappa shape index (κ2) is 6.83. The van der Waals surface area contributed by atoms with Crippen molar-refractivity contribution in [2.45, 2.75) is 25.3 Å². The van der Waals surface area contributed by atoms with E-state index in [4.69, 9.17) is 0 Å². The predicted molar refractivity (Wildman–Crippen MR) is 93.9 cm³/mol. The van der Waals surface area contributed by atoms with Gasteiger partial charge in [0.1, 0.15) is 22.7 Å². The van der Waals surface area contributed by atoms with E-state index in [1.807, 2.05) is 6.92 Å². The molecule has 0 saturated carbocycles. The third-order valence-corrected chi connectivity index (χ3v) is 4.87. The second-order valence-corrected chi connectivity index (χ2v) is 7.08. The quantitative estimate of drug-likeness (QED) is 0.601. The molecule has 30 heavy (non-hydrogen) atoms. The van der Waals surface area contributed by atoms with Gasteiger partial charge in [-0.15, -0.1) is 0 Å². The van der Waals surface area contributed by atoms with E-state index in [0.29, 0.717) is 19.6 Å². The number of aromatic nitrogens is 3. The molecular formula is C18H15F6N5O. The smallest absolute Gasteiger partial charge is 0.334 e. The van der Waals surface area contributed by atoms with Crippen LogP contribution in [0.25, 0.3) is 16.7 Å². The summed E-state index contributed by atoms with van der Waals surface area (Å²) in [6, 6.07) is 2.25. The Hall–Kier alpha value is -2.89. The number of carbonyl (C=O) groups excluding carboxylic acids is 1. The zero-order valence-corrected chi connectivity index (χ0v) is 15.5. The SMILES string of the molecule is CC1CN(C(=O)c2cn3c(ccc4c(C(F)(F)F)cc(C(F)(F)F)nc43)n2)CCN1. The van der Waals surface area contributed by atoms with Gasteiger partial charge < -0.3 is 10.2 Å². The van der Waals surface area contributed by atoms with Crippen LogP contribution in [-0.4, -0.2) is 50.9 Å². The zero-order valence-electron chi connectivity index (χ0n) is 15.5. The largest absolute Gasteiger partial charge is 0.433 e. The van der Waals surface area contributed by atoms with Gasteiger partial charge in [-0.1, -0.05) is 0 Å². The average Bonchev–Trinajstić information content (AvgIpc) is 3.09. The maximum atomic E-state index is 13.4. The lowest BCUT2D eigenvalue weighted by atomic mass is 10.1. The number of imidazole rings is 1. The average molecular weight is 431 g/mol. The summed E-state index contributed by atoms with van der Waals surface area (Å²) in [5, 5.41) is 2.65. The van der Waals surface area contributed by atoms with Crippen molar-refractivity contribution < 1.29 is 31.1 Å². The van der Waals surface area contributed by atoms with Gasteiger partial charge in [-0.05, 0) is 25.1 Å². The predicted octanol–water partition coefficient (Wildman–Crippen LogP) is 3.35. The highest BCUT2D eigenvalue weighted by molar-refractivity contribution is 5.94. The van der Waals surface area contributed by atoms with Crippen molar-refractivity contribution in [3.63, 3.8) is 0 Å². The van der Waals surface area contributed by atoms with E-state index in [0.717, 1.165) is 16.7 Å². The van der Waals surface area contributed by atoms with Gasteiger partial charge in [-0.3, -0.25) is 9.20 Å². The summed E-state index contributed by atoms with van der Waals surface area (Å²) in [5.41, 5.74) is -3.76. The first-order valence-electron chi connectivity index (χ1n) is 8.95. The summed E-state index contributed by atoms with van der Waals surface area (Å²) in [4.78, 5) is 21.8. The number of carbonyl (C=O) groups is 1. The first kappa shape index (κ1) is 20.4. The topological polar surface area (TPSA) is 62.5 Å². The first-order valence-corrected chi connectivity index (χ1v) is 8.95. The molecule has 0 radical (unpaired) electrons. The van der Waals surface area contributed by atoms with Crippen LogP contribution in [0.4, 0.5) is 26.3 Å². The number of hydrogen-bond acceptors (Lipinski definition) is 4. The number of piperazine rings is 1. The number of alkyl halides is 6. The standard InChI is InChI=1S/C18H15F6N5O/c1-9-7-28(5-4-25-9)16(30)12-8-29-14(26-12)3-2-10-11(17(19,20)21)6-13(18(22,23)24)27-15(10)29/h2-3,6,8-9,25H,4-5,7H2,1H3. The number of amides is 1. The Morgan fingerprint density at radius 3 is 2.50 bits per heavy atom. The molecule has 1 N–H and O–H groups in total. The van der Waals surface area contributed by atoms with Crippen LogP contribution in [0.1, 0.15) is 28.7 Å². The lowest BCUT2D eigenvalue weighted by molar-refractivity contribution is -0.144. The maximum Gasteiger partial charge on any atom is 0.433 e. The van der Waals surface area contributed by atoms with Crippen molar-refractivity contribution in [1.29, 1.82) is 0 Å². The van der Waals surface area contributed by atoms with Gasteiger partial charge in [0, 0.05) is 37.3 Å². The van der Waals surface area contributed by atoms with Crippen LogP contribution >= 0.6 is 0 Å². The molecule has 4 heterocycles. The molecule has 1 aliphatic heterocycles. The molecular weight excluding hydrogens is 416 g/mol. The second-order valence-electron chi connectivity index (χ2n) is 7.08. The van der Waals surface area contributed by atoms with Gasteiger partial charge in [0.2, 0.25) is 0 Å². The molecule has 0 aliphatic carbocycles. The van der Waals surface area contributed by atoms with Crippen LogP contribution in [0.5, 0.6) is 0 Å². The molecule has 1 fully saturated rings. The van der Waals surface area contributed by atoms with Gasteiger partial charge in [0.15, 0.2) is 0 Å². The Kier molecular flexibility index (Phi) is 4.64. The van der Waals surface area contributed by atoms with Crippen LogP contribution in [0, 0.1) is 0 Å². The minimum absolute atomic E-state index is 0.0146. The van der Waals surface area contributed by atoms with E-state index in [1.54, 1.807) is 0 Å². The number of nitrogens with zero attached hydrogens (tertiary/aromatic N) is 4. The number of pyridine rings is 2. The molecule has 4 rings (SSSR count). The molecule has 1 aliphatic rings. The summed E-state index contributed by atoms with van der Waals surface area (Å²) in [6.07, 6.45) is -8.97. The summed E-state index contributed by atoms with van der Waals surface area (Å²) >= 11 is 0. The molecule has 6 nitrogen and oxygen atoms in total. The number of nitrogens with one attached hydrogen (secondary N) is 1. The molecule has 1 atom stereocenters. The van der Waals surface area contributed by atoms with Gasteiger partial charge in [-0.2, -0.15) is 26.3 Å². The fraction of sp³-hybridized carbons (Fsp3) is 0.389. The van der Waals surface area contributed by atoms with Gasteiger partial charge in [0.25, 0.3) is 5.91 Å². The van der Waals surface area contributed by atoms with Crippen molar-refractivity contribution in [2.75, 3.05) is 19.6 Å². The van der Waals surface area contributed by atoms with E-state index in [1.165, 1.54) is 11.0 Å². The normalized spacial score (nSPS) is 18.4. The van der Waals surface area contributed by atoms with Crippen LogP contribution in [0.3, 0.4) is 0 Å². The lowest BCUT2D eigenvalue weighted by Gasteiger charge is -2.31. The van der Waals surface area contributed by atoms with E-state index in [-0.39, 0.29) is 23.4 Å². The van der Waals surface area contributed by atoms with Crippen molar-refractivity contribution in [3.8, 4) is 0 Å². The van der Waals surface area contributed by atoms with Crippen molar-refractivity contribution in [2.24, 2.45) is 0 Å². The highest BCUT2D eigenvalue weighted by atomic mass is 19.4. The molecule has 160 valence electrons. The minimum Gasteiger partial charge on any atom is -0.334 e. The number of halogens is 6. The van der Waals surface area contributed by atoms with Gasteiger partial charge in [-0.25, -0.2) is 9.97 Å². The highest BCUT2D eigenvalue weighted by Crippen LogP contribution is 2.38. The Morgan fingerprint density at radius 1 is 1.13 bits per heavy atom. The Balaban J connectivity index is 1.89. The zero-order chi connectivity index (χ0) is 21.8. The molecule has 0 bridgehead atoms. The summed E-state index contributed by atoms with van der Waals surface area (Å²) in [5.74, 6) is -0.455. The lowest BCUT2D eigenvalue weighted by Crippen LogP contribution is -2.51. The first-order chi connectivity index (χ1) is 13.9. The summed E-state index contributed by atoms with van der Waals surface area (Å²) < 4.78 is 80.7. The molecule has 12 heteroatoms. The Morgan fingerprint density at radius 2 is 1.87 bits per heavy atom. The Bertz CT molecular complexity index is 1140. The number of fused-ring (bicyclic) bond motifs is 3. The van der Waals surface area contributed by atoms with Crippen molar-refractivity contribution in [3.05, 3.63) is 41.3 Å². The monoisotopic (exact) mass is 431 g/mol. The van der Waals surface area contributed by atoms with Gasteiger partial charge >= 0.3 is 12.4 Å². The minimum atomic E-state index is -5.08. The third-order valence-electron chi connectivity index (χ3n) is 4.87. The fourth-order valence-electron chi connectivity index (χ4n) is 3.49. The van der Waals surface area contributed by atoms with Crippen LogP contribution in [0.2, 0.25) is 0 Å². The van der Waals surface area contributed by atoms with Crippen molar-refractivity contribution >= 4 is 22.6 Å². The summed E-state index contributed by atoms with van der Waals surface area (Å²) in [6.45, 7) is 3.27. The molecule has 3 aromatic rings. The van der Waals surface area contributed by atoms with Crippen LogP contribution in [-0.2, 0) is 12.4 Å². The molecule has 0 aromatic carbocycles. The fourth-order valence-corrected chi connectivity index (χ4v) is 3.49. The Labute approximate surface area is 165 Å². The number of rotatable bonds is 1. The molecule has 0 spiro atoms. The van der Waals surface area contributed by atoms with Crippen molar-refractivity contribution in [1.82, 2.24) is 24.6 Å². The number of hydrogen-bond donors (Lipinski definition) is 1. The van der Waals surface area contributed by atoms with E-state index in [9.17, 15) is 31.1 Å². The third kappa shape index (κ3) is 3.55. The molecule has 1 amide bonds. The van der Waals surface area contributed by atoms with Gasteiger partial charge in [0.05, 0.1) is 5.56 Å². The van der Waals surface area contributed by atoms with Crippen LogP contribution in [0.15, 0.2) is 24.4 Å². The van der Waals surface area contributed by atoms with Crippen LogP contribution < -0.4 is 5.32 Å². The molecule has 3 aromatic heterocycles. The van der Waals surface area contributed by atoms with E-state index in [2.05, 4.69) is 15.3 Å². The highest BCUT2D eigenvalue weighted by Gasteiger charge is 2.39. The molecule has 1 saturated heterocycles.